The zero-order valence-electron chi connectivity index (χ0n) is 20.9. The first kappa shape index (κ1) is 24.0. The Bertz CT molecular complexity index is 1250. The third-order valence-electron chi connectivity index (χ3n) is 7.59. The number of Topliss-reactive ketones (excluding diaryl/α,β-unsaturated/α-hetero) is 1. The number of benzene rings is 1. The summed E-state index contributed by atoms with van der Waals surface area (Å²) in [5.74, 6) is 0.638. The minimum absolute atomic E-state index is 0.000759. The van der Waals surface area contributed by atoms with Gasteiger partial charge in [-0.15, -0.1) is 0 Å². The van der Waals surface area contributed by atoms with Crippen LogP contribution in [0.3, 0.4) is 0 Å². The molecule has 2 aromatic heterocycles. The van der Waals surface area contributed by atoms with E-state index in [1.165, 1.54) is 11.8 Å². The summed E-state index contributed by atoms with van der Waals surface area (Å²) < 4.78 is 7.21. The normalized spacial score (nSPS) is 17.1. The van der Waals surface area contributed by atoms with Crippen LogP contribution in [0, 0.1) is 5.92 Å². The van der Waals surface area contributed by atoms with Crippen molar-refractivity contribution in [2.24, 2.45) is 13.0 Å². The van der Waals surface area contributed by atoms with Crippen LogP contribution < -0.4 is 0 Å². The minimum Gasteiger partial charge on any atom is -0.468 e. The first-order valence-corrected chi connectivity index (χ1v) is 12.7. The number of amides is 2. The summed E-state index contributed by atoms with van der Waals surface area (Å²) in [5.41, 5.74) is 2.48. The summed E-state index contributed by atoms with van der Waals surface area (Å²) in [7, 11) is 3.65. The molecule has 0 spiro atoms. The molecule has 0 N–H and O–H groups in total. The van der Waals surface area contributed by atoms with Crippen molar-refractivity contribution in [3.05, 3.63) is 77.0 Å². The number of hydrogen-bond donors (Lipinski definition) is 0. The number of carbonyl (C=O) groups excluding carboxylic acids is 3. The Labute approximate surface area is 210 Å². The molecule has 0 saturated carbocycles. The number of fused-ring (bicyclic) bond motifs is 1. The fourth-order valence-corrected chi connectivity index (χ4v) is 5.57. The average Bonchev–Trinajstić information content (AvgIpc) is 3.54. The summed E-state index contributed by atoms with van der Waals surface area (Å²) in [6, 6.07) is 11.9. The van der Waals surface area contributed by atoms with Gasteiger partial charge in [0.25, 0.3) is 11.8 Å². The molecule has 3 aromatic rings. The highest BCUT2D eigenvalue weighted by molar-refractivity contribution is 6.09. The van der Waals surface area contributed by atoms with Crippen LogP contribution in [0.15, 0.2) is 53.3 Å². The van der Waals surface area contributed by atoms with E-state index in [2.05, 4.69) is 17.2 Å². The molecule has 3 heterocycles. The van der Waals surface area contributed by atoms with Crippen LogP contribution in [0.2, 0.25) is 0 Å². The Morgan fingerprint density at radius 3 is 2.58 bits per heavy atom. The van der Waals surface area contributed by atoms with Gasteiger partial charge in [0.2, 0.25) is 0 Å². The molecule has 1 atom stereocenters. The first-order valence-electron chi connectivity index (χ1n) is 12.7. The molecule has 1 aromatic carbocycles. The molecule has 1 fully saturated rings. The Morgan fingerprint density at radius 1 is 1.14 bits per heavy atom. The van der Waals surface area contributed by atoms with E-state index in [9.17, 15) is 14.4 Å². The molecule has 5 rings (SSSR count). The molecule has 0 radical (unpaired) electrons. The lowest BCUT2D eigenvalue weighted by Gasteiger charge is -2.40. The summed E-state index contributed by atoms with van der Waals surface area (Å²) >= 11 is 0. The van der Waals surface area contributed by atoms with Gasteiger partial charge >= 0.3 is 0 Å². The van der Waals surface area contributed by atoms with Crippen LogP contribution in [0.5, 0.6) is 0 Å². The topological polar surface area (TPSA) is 88.7 Å². The van der Waals surface area contributed by atoms with E-state index in [0.29, 0.717) is 48.5 Å². The van der Waals surface area contributed by atoms with Crippen molar-refractivity contribution in [1.29, 1.82) is 0 Å². The minimum atomic E-state index is -0.133. The second kappa shape index (κ2) is 10.1. The van der Waals surface area contributed by atoms with Crippen molar-refractivity contribution in [3.8, 4) is 0 Å². The number of ketones is 1. The molecule has 1 aliphatic heterocycles. The van der Waals surface area contributed by atoms with E-state index in [-0.39, 0.29) is 29.6 Å². The highest BCUT2D eigenvalue weighted by Gasteiger charge is 2.36. The maximum absolute atomic E-state index is 13.3. The molecular weight excluding hydrogens is 456 g/mol. The van der Waals surface area contributed by atoms with Gasteiger partial charge in [-0.25, -0.2) is 0 Å². The summed E-state index contributed by atoms with van der Waals surface area (Å²) in [4.78, 5) is 42.7. The third-order valence-corrected chi connectivity index (χ3v) is 7.59. The SMILES string of the molecule is CN(C(=O)c1ccn(C)n1)[C@H](Cc1ccccc1)C1CCN(C(=O)c2coc3c2C(=O)CCC3)CC1. The lowest BCUT2D eigenvalue weighted by Crippen LogP contribution is -2.48. The first-order chi connectivity index (χ1) is 17.4. The van der Waals surface area contributed by atoms with Gasteiger partial charge in [-0.05, 0) is 43.2 Å². The van der Waals surface area contributed by atoms with Crippen LogP contribution in [0.25, 0.3) is 0 Å². The van der Waals surface area contributed by atoms with Gasteiger partial charge in [0, 0.05) is 52.3 Å². The smallest absolute Gasteiger partial charge is 0.274 e. The van der Waals surface area contributed by atoms with Gasteiger partial charge in [-0.3, -0.25) is 19.1 Å². The second-order valence-electron chi connectivity index (χ2n) is 9.90. The third kappa shape index (κ3) is 4.72. The summed E-state index contributed by atoms with van der Waals surface area (Å²) in [5, 5.41) is 4.31. The van der Waals surface area contributed by atoms with Crippen LogP contribution in [0.4, 0.5) is 0 Å². The molecule has 0 bridgehead atoms. The number of carbonyl (C=O) groups is 3. The predicted octanol–water partition coefficient (Wildman–Crippen LogP) is 3.77. The number of likely N-dealkylation sites (N-methyl/N-ethyl adjacent to an activating group) is 1. The number of nitrogens with zero attached hydrogens (tertiary/aromatic N) is 4. The summed E-state index contributed by atoms with van der Waals surface area (Å²) in [6.07, 6.45) is 7.45. The number of furan rings is 1. The molecule has 8 heteroatoms. The number of aromatic nitrogens is 2. The van der Waals surface area contributed by atoms with Crippen LogP contribution in [-0.4, -0.2) is 63.4 Å². The molecule has 2 amide bonds. The lowest BCUT2D eigenvalue weighted by molar-refractivity contribution is 0.0517. The maximum Gasteiger partial charge on any atom is 0.274 e. The molecule has 36 heavy (non-hydrogen) atoms. The Balaban J connectivity index is 1.31. The van der Waals surface area contributed by atoms with E-state index >= 15 is 0 Å². The number of rotatable bonds is 6. The van der Waals surface area contributed by atoms with Crippen molar-refractivity contribution in [1.82, 2.24) is 19.6 Å². The van der Waals surface area contributed by atoms with Crippen LogP contribution in [-0.2, 0) is 19.9 Å². The fraction of sp³-hybridized carbons (Fsp3) is 0.429. The zero-order valence-corrected chi connectivity index (χ0v) is 20.9. The van der Waals surface area contributed by atoms with Gasteiger partial charge in [-0.1, -0.05) is 30.3 Å². The van der Waals surface area contributed by atoms with Crippen molar-refractivity contribution >= 4 is 17.6 Å². The highest BCUT2D eigenvalue weighted by Crippen LogP contribution is 2.31. The van der Waals surface area contributed by atoms with Gasteiger partial charge in [-0.2, -0.15) is 5.10 Å². The standard InChI is InChI=1S/C28H32N4O4/c1-30-14-13-22(29-30)28(35)31(2)23(17-19-7-4-3-5-8-19)20-11-15-32(16-12-20)27(34)21-18-36-25-10-6-9-24(33)26(21)25/h3-5,7-8,13-14,18,20,23H,6,9-12,15-17H2,1-2H3/t23-/m1/s1. The second-order valence-corrected chi connectivity index (χ2v) is 9.90. The maximum atomic E-state index is 13.3. The van der Waals surface area contributed by atoms with Crippen LogP contribution in [0.1, 0.15) is 68.2 Å². The quantitative estimate of drug-likeness (QED) is 0.527. The van der Waals surface area contributed by atoms with Gasteiger partial charge < -0.3 is 14.2 Å². The van der Waals surface area contributed by atoms with E-state index in [1.54, 1.807) is 24.0 Å². The van der Waals surface area contributed by atoms with Crippen molar-refractivity contribution in [3.63, 3.8) is 0 Å². The van der Waals surface area contributed by atoms with Gasteiger partial charge in [0.1, 0.15) is 17.7 Å². The molecule has 1 aliphatic carbocycles. The molecule has 188 valence electrons. The Morgan fingerprint density at radius 2 is 1.89 bits per heavy atom. The van der Waals surface area contributed by atoms with Crippen molar-refractivity contribution < 1.29 is 18.8 Å². The molecular formula is C28H32N4O4. The van der Waals surface area contributed by atoms with Crippen molar-refractivity contribution in [2.45, 2.75) is 44.6 Å². The highest BCUT2D eigenvalue weighted by atomic mass is 16.3. The zero-order chi connectivity index (χ0) is 25.2. The largest absolute Gasteiger partial charge is 0.468 e. The molecule has 0 unspecified atom stereocenters. The Hall–Kier alpha value is -3.68. The molecule has 2 aliphatic rings. The van der Waals surface area contributed by atoms with E-state index in [4.69, 9.17) is 4.42 Å². The molecule has 1 saturated heterocycles. The molecule has 8 nitrogen and oxygen atoms in total. The van der Waals surface area contributed by atoms with E-state index < -0.39 is 0 Å². The van der Waals surface area contributed by atoms with Crippen LogP contribution >= 0.6 is 0 Å². The lowest BCUT2D eigenvalue weighted by atomic mass is 9.84. The average molecular weight is 489 g/mol. The van der Waals surface area contributed by atoms with E-state index in [0.717, 1.165) is 25.7 Å². The van der Waals surface area contributed by atoms with E-state index in [1.807, 2.05) is 35.0 Å². The number of piperidine rings is 1. The van der Waals surface area contributed by atoms with Crippen molar-refractivity contribution in [2.75, 3.05) is 20.1 Å². The number of aryl methyl sites for hydroxylation is 2. The number of hydrogen-bond acceptors (Lipinski definition) is 5. The van der Waals surface area contributed by atoms with Gasteiger partial charge in [0.15, 0.2) is 5.78 Å². The van der Waals surface area contributed by atoms with Gasteiger partial charge in [0.05, 0.1) is 11.1 Å². The predicted molar refractivity (Wildman–Crippen MR) is 134 cm³/mol. The fourth-order valence-electron chi connectivity index (χ4n) is 5.57. The summed E-state index contributed by atoms with van der Waals surface area (Å²) in [6.45, 7) is 1.16. The number of likely N-dealkylation sites (tertiary alicyclic amines) is 1. The monoisotopic (exact) mass is 488 g/mol. The Kier molecular flexibility index (Phi) is 6.76.